The summed E-state index contributed by atoms with van der Waals surface area (Å²) in [4.78, 5) is 32.5. The van der Waals surface area contributed by atoms with Crippen LogP contribution in [0.15, 0.2) is 54.7 Å². The molecule has 0 aliphatic carbocycles. The molecule has 0 bridgehead atoms. The molecule has 0 saturated carbocycles. The Kier molecular flexibility index (Phi) is 8.31. The number of anilines is 1. The third-order valence-corrected chi connectivity index (χ3v) is 6.31. The van der Waals surface area contributed by atoms with E-state index in [-0.39, 0.29) is 6.42 Å². The van der Waals surface area contributed by atoms with Crippen LogP contribution in [-0.4, -0.2) is 43.2 Å². The molecule has 4 N–H and O–H groups in total. The molecule has 0 saturated heterocycles. The Morgan fingerprint density at radius 2 is 1.87 bits per heavy atom. The molecule has 39 heavy (non-hydrogen) atoms. The highest BCUT2D eigenvalue weighted by molar-refractivity contribution is 5.99. The van der Waals surface area contributed by atoms with Crippen molar-refractivity contribution in [2.24, 2.45) is 0 Å². The number of carbonyl (C=O) groups is 2. The van der Waals surface area contributed by atoms with Gasteiger partial charge in [-0.3, -0.25) is 4.79 Å². The molecule has 0 spiro atoms. The van der Waals surface area contributed by atoms with E-state index in [1.54, 1.807) is 37.4 Å². The highest BCUT2D eigenvalue weighted by Gasteiger charge is 2.24. The Balaban J connectivity index is 1.42. The normalized spacial score (nSPS) is 11.4. The number of aromatic amines is 1. The van der Waals surface area contributed by atoms with Gasteiger partial charge < -0.3 is 20.7 Å². The van der Waals surface area contributed by atoms with Gasteiger partial charge in [0.15, 0.2) is 5.82 Å². The van der Waals surface area contributed by atoms with Crippen molar-refractivity contribution < 1.29 is 14.7 Å². The number of aryl methyl sites for hydroxylation is 3. The third kappa shape index (κ3) is 6.64. The Morgan fingerprint density at radius 1 is 1.10 bits per heavy atom. The van der Waals surface area contributed by atoms with E-state index in [1.807, 2.05) is 38.1 Å². The molecular formula is C29H29N7O3. The summed E-state index contributed by atoms with van der Waals surface area (Å²) < 4.78 is 0. The second-order valence-electron chi connectivity index (χ2n) is 9.25. The van der Waals surface area contributed by atoms with Crippen molar-refractivity contribution in [2.75, 3.05) is 5.32 Å². The van der Waals surface area contributed by atoms with Crippen LogP contribution >= 0.6 is 0 Å². The summed E-state index contributed by atoms with van der Waals surface area (Å²) in [6.07, 6.45) is 2.38. The summed E-state index contributed by atoms with van der Waals surface area (Å²) in [5.74, 6) is 0.379. The summed E-state index contributed by atoms with van der Waals surface area (Å²) in [6.45, 7) is 6.06. The van der Waals surface area contributed by atoms with Crippen LogP contribution in [-0.2, 0) is 24.2 Å². The fourth-order valence-electron chi connectivity index (χ4n) is 4.31. The Morgan fingerprint density at radius 3 is 2.54 bits per heavy atom. The minimum atomic E-state index is -1.13. The monoisotopic (exact) mass is 523 g/mol. The van der Waals surface area contributed by atoms with Gasteiger partial charge in [-0.1, -0.05) is 31.2 Å². The fourth-order valence-corrected chi connectivity index (χ4v) is 4.31. The zero-order chi connectivity index (χ0) is 27.9. The maximum absolute atomic E-state index is 13.1. The van der Waals surface area contributed by atoms with Crippen LogP contribution in [0.2, 0.25) is 0 Å². The number of pyridine rings is 1. The molecule has 1 unspecified atom stereocenters. The number of hydrogen-bond acceptors (Lipinski definition) is 7. The number of nitriles is 1. The van der Waals surface area contributed by atoms with Crippen molar-refractivity contribution in [3.8, 4) is 17.5 Å². The zero-order valence-electron chi connectivity index (χ0n) is 21.9. The summed E-state index contributed by atoms with van der Waals surface area (Å²) >= 11 is 0. The molecule has 2 aromatic carbocycles. The second-order valence-corrected chi connectivity index (χ2v) is 9.25. The van der Waals surface area contributed by atoms with Gasteiger partial charge in [-0.25, -0.2) is 9.78 Å². The molecule has 1 amide bonds. The molecule has 4 rings (SSSR count). The smallest absolute Gasteiger partial charge is 0.326 e. The van der Waals surface area contributed by atoms with Gasteiger partial charge in [0.1, 0.15) is 17.7 Å². The Hall–Kier alpha value is -5.04. The quantitative estimate of drug-likeness (QED) is 0.243. The van der Waals surface area contributed by atoms with E-state index in [9.17, 15) is 20.0 Å². The first kappa shape index (κ1) is 27.0. The van der Waals surface area contributed by atoms with E-state index in [0.717, 1.165) is 22.5 Å². The van der Waals surface area contributed by atoms with Gasteiger partial charge in [0.05, 0.1) is 18.2 Å². The van der Waals surface area contributed by atoms with E-state index in [4.69, 9.17) is 0 Å². The van der Waals surface area contributed by atoms with Crippen LogP contribution in [0.1, 0.15) is 50.9 Å². The first-order chi connectivity index (χ1) is 18.8. The lowest BCUT2D eigenvalue weighted by atomic mass is 9.95. The van der Waals surface area contributed by atoms with Crippen molar-refractivity contribution in [1.82, 2.24) is 25.5 Å². The lowest BCUT2D eigenvalue weighted by molar-refractivity contribution is -0.139. The predicted molar refractivity (Wildman–Crippen MR) is 146 cm³/mol. The Labute approximate surface area is 226 Å². The lowest BCUT2D eigenvalue weighted by Crippen LogP contribution is -2.42. The Bertz CT molecular complexity index is 1540. The van der Waals surface area contributed by atoms with Crippen LogP contribution in [0.4, 0.5) is 5.82 Å². The number of H-pyrrole nitrogens is 1. The maximum Gasteiger partial charge on any atom is 0.326 e. The van der Waals surface area contributed by atoms with Crippen LogP contribution in [0.5, 0.6) is 0 Å². The number of carboxylic acids is 1. The van der Waals surface area contributed by atoms with Crippen molar-refractivity contribution in [3.05, 3.63) is 93.9 Å². The van der Waals surface area contributed by atoms with Gasteiger partial charge in [0.2, 0.25) is 0 Å². The molecule has 0 aliphatic rings. The van der Waals surface area contributed by atoms with Crippen molar-refractivity contribution in [3.63, 3.8) is 0 Å². The number of carboxylic acid groups (broad SMARTS) is 1. The average Bonchev–Trinajstić information content (AvgIpc) is 3.40. The average molecular weight is 524 g/mol. The standard InChI is InChI=1S/C29H29N7O3/c1-4-21-13-20(15-30)12-18(3)26(21)28(37)33-23(29(38)39)14-19-5-7-22(8-6-19)27-34-25(35-36-27)16-32-24-11-17(2)9-10-31-24/h5-13,23H,4,14,16H2,1-3H3,(H,31,32)(H,33,37)(H,38,39)(H,34,35,36). The highest BCUT2D eigenvalue weighted by Crippen LogP contribution is 2.20. The van der Waals surface area contributed by atoms with Crippen molar-refractivity contribution in [2.45, 2.75) is 46.2 Å². The first-order valence-electron chi connectivity index (χ1n) is 12.5. The van der Waals surface area contributed by atoms with Crippen molar-refractivity contribution in [1.29, 1.82) is 5.26 Å². The topological polar surface area (TPSA) is 157 Å². The number of aliphatic carboxylic acids is 1. The van der Waals surface area contributed by atoms with Gasteiger partial charge >= 0.3 is 5.97 Å². The molecule has 4 aromatic rings. The van der Waals surface area contributed by atoms with Gasteiger partial charge in [-0.15, -0.1) is 10.2 Å². The SMILES string of the molecule is CCc1cc(C#N)cc(C)c1C(=O)NC(Cc1ccc(-c2nnc(CNc3cc(C)ccn3)[nH]2)cc1)C(=O)O. The maximum atomic E-state index is 13.1. The predicted octanol–water partition coefficient (Wildman–Crippen LogP) is 3.96. The van der Waals surface area contributed by atoms with E-state index in [0.29, 0.717) is 46.9 Å². The van der Waals surface area contributed by atoms with E-state index in [2.05, 4.69) is 36.9 Å². The minimum Gasteiger partial charge on any atom is -0.480 e. The fraction of sp³-hybridized carbons (Fsp3) is 0.241. The molecule has 2 aromatic heterocycles. The molecule has 0 fully saturated rings. The highest BCUT2D eigenvalue weighted by atomic mass is 16.4. The van der Waals surface area contributed by atoms with E-state index in [1.165, 1.54) is 0 Å². The summed E-state index contributed by atoms with van der Waals surface area (Å²) in [7, 11) is 0. The summed E-state index contributed by atoms with van der Waals surface area (Å²) in [5, 5.41) is 33.3. The molecule has 198 valence electrons. The summed E-state index contributed by atoms with van der Waals surface area (Å²) in [5.41, 5.74) is 4.85. The number of amides is 1. The van der Waals surface area contributed by atoms with Gasteiger partial charge in [-0.05, 0) is 66.8 Å². The molecule has 2 heterocycles. The van der Waals surface area contributed by atoms with Crippen LogP contribution < -0.4 is 10.6 Å². The largest absolute Gasteiger partial charge is 0.480 e. The number of benzene rings is 2. The molecule has 0 aliphatic heterocycles. The first-order valence-corrected chi connectivity index (χ1v) is 12.5. The number of carbonyl (C=O) groups excluding carboxylic acids is 1. The van der Waals surface area contributed by atoms with Gasteiger partial charge in [0.25, 0.3) is 5.91 Å². The molecule has 10 nitrogen and oxygen atoms in total. The zero-order valence-corrected chi connectivity index (χ0v) is 21.9. The molecule has 1 atom stereocenters. The van der Waals surface area contributed by atoms with E-state index < -0.39 is 17.9 Å². The van der Waals surface area contributed by atoms with E-state index >= 15 is 0 Å². The molecular weight excluding hydrogens is 494 g/mol. The number of aromatic nitrogens is 4. The van der Waals surface area contributed by atoms with Gasteiger partial charge in [-0.2, -0.15) is 5.26 Å². The second kappa shape index (κ2) is 12.0. The molecule has 0 radical (unpaired) electrons. The summed E-state index contributed by atoms with van der Waals surface area (Å²) in [6, 6.07) is 15.4. The minimum absolute atomic E-state index is 0.104. The number of nitrogens with zero attached hydrogens (tertiary/aromatic N) is 4. The van der Waals surface area contributed by atoms with Crippen LogP contribution in [0, 0.1) is 25.2 Å². The lowest BCUT2D eigenvalue weighted by Gasteiger charge is -2.18. The number of hydrogen-bond donors (Lipinski definition) is 4. The third-order valence-electron chi connectivity index (χ3n) is 6.31. The number of nitrogens with one attached hydrogen (secondary N) is 3. The number of rotatable bonds is 10. The van der Waals surface area contributed by atoms with Crippen molar-refractivity contribution >= 4 is 17.7 Å². The van der Waals surface area contributed by atoms with Gasteiger partial charge in [0, 0.05) is 23.7 Å². The van der Waals surface area contributed by atoms with Crippen LogP contribution in [0.25, 0.3) is 11.4 Å². The van der Waals surface area contributed by atoms with Crippen LogP contribution in [0.3, 0.4) is 0 Å². The molecule has 10 heteroatoms.